The minimum Gasteiger partial charge on any atom is -0.497 e. The van der Waals surface area contributed by atoms with Gasteiger partial charge in [0, 0.05) is 5.56 Å². The van der Waals surface area contributed by atoms with Gasteiger partial charge in [-0.1, -0.05) is 18.2 Å². The van der Waals surface area contributed by atoms with Gasteiger partial charge in [0.1, 0.15) is 5.75 Å². The van der Waals surface area contributed by atoms with E-state index in [2.05, 4.69) is 0 Å². The zero-order chi connectivity index (χ0) is 10.8. The first-order valence-corrected chi connectivity index (χ1v) is 4.80. The maximum absolute atomic E-state index is 11.4. The standard InChI is InChI=1S/C13H12O2/c1-9(14)12-5-3-4-10-8-11(15-2)6-7-13(10)12/h3-8H,1-2H3. The maximum Gasteiger partial charge on any atom is 0.160 e. The zero-order valence-electron chi connectivity index (χ0n) is 8.78. The van der Waals surface area contributed by atoms with Crippen LogP contribution in [0.1, 0.15) is 17.3 Å². The molecule has 0 radical (unpaired) electrons. The molecule has 2 nitrogen and oxygen atoms in total. The molecule has 0 fully saturated rings. The predicted octanol–water partition coefficient (Wildman–Crippen LogP) is 3.05. The molecule has 0 saturated carbocycles. The molecular formula is C13H12O2. The third-order valence-electron chi connectivity index (χ3n) is 2.47. The van der Waals surface area contributed by atoms with Crippen LogP contribution >= 0.6 is 0 Å². The van der Waals surface area contributed by atoms with E-state index in [1.165, 1.54) is 0 Å². The molecule has 0 heterocycles. The third-order valence-corrected chi connectivity index (χ3v) is 2.47. The van der Waals surface area contributed by atoms with Gasteiger partial charge in [-0.25, -0.2) is 0 Å². The van der Waals surface area contributed by atoms with Gasteiger partial charge in [-0.3, -0.25) is 4.79 Å². The Morgan fingerprint density at radius 1 is 1.20 bits per heavy atom. The highest BCUT2D eigenvalue weighted by Crippen LogP contribution is 2.23. The van der Waals surface area contributed by atoms with E-state index >= 15 is 0 Å². The van der Waals surface area contributed by atoms with Crippen molar-refractivity contribution in [1.82, 2.24) is 0 Å². The molecule has 0 unspecified atom stereocenters. The van der Waals surface area contributed by atoms with Crippen LogP contribution in [0.5, 0.6) is 5.75 Å². The molecule has 2 aromatic carbocycles. The summed E-state index contributed by atoms with van der Waals surface area (Å²) in [6, 6.07) is 11.4. The molecular weight excluding hydrogens is 188 g/mol. The number of rotatable bonds is 2. The van der Waals surface area contributed by atoms with Crippen molar-refractivity contribution in [3.8, 4) is 5.75 Å². The van der Waals surface area contributed by atoms with Gasteiger partial charge in [-0.15, -0.1) is 0 Å². The van der Waals surface area contributed by atoms with Crippen LogP contribution in [-0.4, -0.2) is 12.9 Å². The largest absolute Gasteiger partial charge is 0.497 e. The van der Waals surface area contributed by atoms with Crippen molar-refractivity contribution in [1.29, 1.82) is 0 Å². The first kappa shape index (κ1) is 9.71. The quantitative estimate of drug-likeness (QED) is 0.696. The molecule has 0 aliphatic rings. The Hall–Kier alpha value is -1.83. The maximum atomic E-state index is 11.4. The molecule has 0 N–H and O–H groups in total. The van der Waals surface area contributed by atoms with Gasteiger partial charge in [-0.2, -0.15) is 0 Å². The van der Waals surface area contributed by atoms with E-state index in [9.17, 15) is 4.79 Å². The second-order valence-electron chi connectivity index (χ2n) is 3.45. The van der Waals surface area contributed by atoms with E-state index in [1.807, 2.05) is 36.4 Å². The van der Waals surface area contributed by atoms with Gasteiger partial charge in [-0.05, 0) is 35.9 Å². The Labute approximate surface area is 88.5 Å². The molecule has 76 valence electrons. The summed E-state index contributed by atoms with van der Waals surface area (Å²) >= 11 is 0. The minimum absolute atomic E-state index is 0.0887. The highest BCUT2D eigenvalue weighted by molar-refractivity contribution is 6.07. The second-order valence-corrected chi connectivity index (χ2v) is 3.45. The number of benzene rings is 2. The number of hydrogen-bond donors (Lipinski definition) is 0. The summed E-state index contributed by atoms with van der Waals surface area (Å²) in [7, 11) is 1.63. The van der Waals surface area contributed by atoms with E-state index in [1.54, 1.807) is 14.0 Å². The fourth-order valence-electron chi connectivity index (χ4n) is 1.70. The summed E-state index contributed by atoms with van der Waals surface area (Å²) in [4.78, 5) is 11.4. The molecule has 0 amide bonds. The number of fused-ring (bicyclic) bond motifs is 1. The molecule has 0 aromatic heterocycles. The number of Topliss-reactive ketones (excluding diaryl/α,β-unsaturated/α-hetero) is 1. The average molecular weight is 200 g/mol. The Bertz CT molecular complexity index is 515. The van der Waals surface area contributed by atoms with Crippen molar-refractivity contribution in [3.63, 3.8) is 0 Å². The average Bonchev–Trinajstić information content (AvgIpc) is 2.27. The van der Waals surface area contributed by atoms with Gasteiger partial charge in [0.25, 0.3) is 0 Å². The topological polar surface area (TPSA) is 26.3 Å². The van der Waals surface area contributed by atoms with Crippen LogP contribution < -0.4 is 4.74 Å². The number of ether oxygens (including phenoxy) is 1. The first-order chi connectivity index (χ1) is 7.22. The van der Waals surface area contributed by atoms with E-state index in [4.69, 9.17) is 4.74 Å². The highest BCUT2D eigenvalue weighted by atomic mass is 16.5. The SMILES string of the molecule is COc1ccc2c(C(C)=O)cccc2c1. The third kappa shape index (κ3) is 1.71. The number of ketones is 1. The fourth-order valence-corrected chi connectivity index (χ4v) is 1.70. The van der Waals surface area contributed by atoms with Crippen LogP contribution in [0.2, 0.25) is 0 Å². The van der Waals surface area contributed by atoms with Crippen molar-refractivity contribution < 1.29 is 9.53 Å². The smallest absolute Gasteiger partial charge is 0.160 e. The van der Waals surface area contributed by atoms with Crippen molar-refractivity contribution >= 4 is 16.6 Å². The number of methoxy groups -OCH3 is 1. The highest BCUT2D eigenvalue weighted by Gasteiger charge is 2.05. The summed E-state index contributed by atoms with van der Waals surface area (Å²) in [6.07, 6.45) is 0. The van der Waals surface area contributed by atoms with Gasteiger partial charge in [0.15, 0.2) is 5.78 Å². The molecule has 2 aromatic rings. The first-order valence-electron chi connectivity index (χ1n) is 4.80. The second kappa shape index (κ2) is 3.73. The lowest BCUT2D eigenvalue weighted by Crippen LogP contribution is -1.93. The predicted molar refractivity (Wildman–Crippen MR) is 60.5 cm³/mol. The van der Waals surface area contributed by atoms with Crippen LogP contribution in [0.3, 0.4) is 0 Å². The van der Waals surface area contributed by atoms with Gasteiger partial charge in [0.2, 0.25) is 0 Å². The van der Waals surface area contributed by atoms with Crippen LogP contribution in [-0.2, 0) is 0 Å². The number of carbonyl (C=O) groups excluding carboxylic acids is 1. The summed E-state index contributed by atoms with van der Waals surface area (Å²) in [5.41, 5.74) is 0.759. The summed E-state index contributed by atoms with van der Waals surface area (Å²) in [5.74, 6) is 0.897. The van der Waals surface area contributed by atoms with E-state index in [0.29, 0.717) is 0 Å². The molecule has 0 aliphatic heterocycles. The van der Waals surface area contributed by atoms with Gasteiger partial charge >= 0.3 is 0 Å². The summed E-state index contributed by atoms with van der Waals surface area (Å²) < 4.78 is 5.14. The van der Waals surface area contributed by atoms with Crippen molar-refractivity contribution in [2.45, 2.75) is 6.92 Å². The monoisotopic (exact) mass is 200 g/mol. The molecule has 2 rings (SSSR count). The summed E-state index contributed by atoms with van der Waals surface area (Å²) in [5, 5.41) is 2.01. The summed E-state index contributed by atoms with van der Waals surface area (Å²) in [6.45, 7) is 1.58. The van der Waals surface area contributed by atoms with E-state index in [-0.39, 0.29) is 5.78 Å². The Kier molecular flexibility index (Phi) is 2.42. The molecule has 2 heteroatoms. The van der Waals surface area contributed by atoms with Gasteiger partial charge < -0.3 is 4.74 Å². The van der Waals surface area contributed by atoms with E-state index in [0.717, 1.165) is 22.1 Å². The molecule has 0 bridgehead atoms. The Balaban J connectivity index is 2.72. The molecule has 0 atom stereocenters. The van der Waals surface area contributed by atoms with Crippen LogP contribution in [0.15, 0.2) is 36.4 Å². The van der Waals surface area contributed by atoms with Crippen molar-refractivity contribution in [2.75, 3.05) is 7.11 Å². The lowest BCUT2D eigenvalue weighted by Gasteiger charge is -2.05. The molecule has 15 heavy (non-hydrogen) atoms. The van der Waals surface area contributed by atoms with Crippen molar-refractivity contribution in [2.24, 2.45) is 0 Å². The lowest BCUT2D eigenvalue weighted by molar-refractivity contribution is 0.101. The molecule has 0 saturated heterocycles. The molecule has 0 aliphatic carbocycles. The number of carbonyl (C=O) groups is 1. The van der Waals surface area contributed by atoms with E-state index < -0.39 is 0 Å². The number of hydrogen-bond acceptors (Lipinski definition) is 2. The zero-order valence-corrected chi connectivity index (χ0v) is 8.78. The van der Waals surface area contributed by atoms with Crippen molar-refractivity contribution in [3.05, 3.63) is 42.0 Å². The fraction of sp³-hybridized carbons (Fsp3) is 0.154. The Morgan fingerprint density at radius 2 is 2.00 bits per heavy atom. The van der Waals surface area contributed by atoms with Crippen LogP contribution in [0, 0.1) is 0 Å². The Morgan fingerprint density at radius 3 is 2.67 bits per heavy atom. The molecule has 0 spiro atoms. The minimum atomic E-state index is 0.0887. The van der Waals surface area contributed by atoms with Gasteiger partial charge in [0.05, 0.1) is 7.11 Å². The van der Waals surface area contributed by atoms with Crippen LogP contribution in [0.4, 0.5) is 0 Å². The lowest BCUT2D eigenvalue weighted by atomic mass is 10.0. The van der Waals surface area contributed by atoms with Crippen LogP contribution in [0.25, 0.3) is 10.8 Å². The normalized spacial score (nSPS) is 10.3.